The van der Waals surface area contributed by atoms with Gasteiger partial charge >= 0.3 is 0 Å². The summed E-state index contributed by atoms with van der Waals surface area (Å²) in [5.41, 5.74) is 0.403. The molecule has 1 aliphatic rings. The number of fused-ring (bicyclic) bond motifs is 1. The van der Waals surface area contributed by atoms with Crippen LogP contribution in [0.4, 0.5) is 0 Å². The minimum absolute atomic E-state index is 0.108. The lowest BCUT2D eigenvalue weighted by Crippen LogP contribution is -2.38. The van der Waals surface area contributed by atoms with E-state index in [9.17, 15) is 9.59 Å². The quantitative estimate of drug-likeness (QED) is 0.779. The summed E-state index contributed by atoms with van der Waals surface area (Å²) < 4.78 is 12.1. The number of carbonyl (C=O) groups is 1. The van der Waals surface area contributed by atoms with Gasteiger partial charge in [-0.3, -0.25) is 14.2 Å². The number of benzene rings is 1. The van der Waals surface area contributed by atoms with E-state index in [4.69, 9.17) is 9.47 Å². The number of nitrogens with zero attached hydrogens (tertiary/aromatic N) is 3. The number of amides is 1. The number of nitrogens with one attached hydrogen (secondary N) is 1. The Balaban J connectivity index is 1.69. The lowest BCUT2D eigenvalue weighted by Gasteiger charge is -2.23. The zero-order chi connectivity index (χ0) is 19.4. The van der Waals surface area contributed by atoms with Gasteiger partial charge in [0.15, 0.2) is 11.5 Å². The maximum Gasteiger partial charge on any atom is 0.261 e. The molecule has 1 aromatic carbocycles. The second-order valence-electron chi connectivity index (χ2n) is 6.72. The fourth-order valence-electron chi connectivity index (χ4n) is 3.40. The summed E-state index contributed by atoms with van der Waals surface area (Å²) in [5.74, 6) is 1.13. The van der Waals surface area contributed by atoms with E-state index in [0.717, 1.165) is 19.5 Å². The first-order valence-corrected chi connectivity index (χ1v) is 9.12. The highest BCUT2D eigenvalue weighted by atomic mass is 16.5. The Bertz CT molecular complexity index is 874. The molecule has 1 N–H and O–H groups in total. The first kappa shape index (κ1) is 19.2. The highest BCUT2D eigenvalue weighted by molar-refractivity contribution is 5.81. The number of ether oxygens (including phenoxy) is 2. The third-order valence-corrected chi connectivity index (χ3v) is 5.09. The molecule has 0 spiro atoms. The molecule has 2 heterocycles. The predicted molar refractivity (Wildman–Crippen MR) is 102 cm³/mol. The molecule has 27 heavy (non-hydrogen) atoms. The van der Waals surface area contributed by atoms with Crippen LogP contribution in [0.15, 0.2) is 23.3 Å². The molecule has 3 rings (SSSR count). The molecule has 1 fully saturated rings. The van der Waals surface area contributed by atoms with Gasteiger partial charge in [0.05, 0.1) is 31.4 Å². The fraction of sp³-hybridized carbons (Fsp3) is 0.526. The van der Waals surface area contributed by atoms with Crippen molar-refractivity contribution in [2.24, 2.45) is 0 Å². The van der Waals surface area contributed by atoms with Crippen LogP contribution in [-0.4, -0.2) is 60.8 Å². The van der Waals surface area contributed by atoms with Crippen molar-refractivity contribution < 1.29 is 14.3 Å². The van der Waals surface area contributed by atoms with E-state index in [1.807, 2.05) is 11.9 Å². The van der Waals surface area contributed by atoms with Crippen molar-refractivity contribution in [3.63, 3.8) is 0 Å². The van der Waals surface area contributed by atoms with Crippen LogP contribution in [0, 0.1) is 0 Å². The lowest BCUT2D eigenvalue weighted by atomic mass is 10.2. The summed E-state index contributed by atoms with van der Waals surface area (Å²) in [6, 6.07) is 3.60. The van der Waals surface area contributed by atoms with E-state index in [0.29, 0.717) is 41.8 Å². The summed E-state index contributed by atoms with van der Waals surface area (Å²) >= 11 is 0. The maximum absolute atomic E-state index is 12.7. The molecule has 0 saturated carbocycles. The van der Waals surface area contributed by atoms with Crippen molar-refractivity contribution in [3.05, 3.63) is 28.8 Å². The Kier molecular flexibility index (Phi) is 5.95. The Morgan fingerprint density at radius 3 is 2.74 bits per heavy atom. The summed E-state index contributed by atoms with van der Waals surface area (Å²) in [4.78, 5) is 31.2. The van der Waals surface area contributed by atoms with Crippen molar-refractivity contribution in [3.8, 4) is 11.5 Å². The van der Waals surface area contributed by atoms with Crippen LogP contribution in [0.25, 0.3) is 10.9 Å². The van der Waals surface area contributed by atoms with E-state index < -0.39 is 0 Å². The summed E-state index contributed by atoms with van der Waals surface area (Å²) in [6.45, 7) is 2.24. The van der Waals surface area contributed by atoms with Gasteiger partial charge in [-0.25, -0.2) is 4.98 Å². The number of hydrogen-bond acceptors (Lipinski definition) is 6. The van der Waals surface area contributed by atoms with Crippen molar-refractivity contribution in [1.82, 2.24) is 19.8 Å². The fourth-order valence-corrected chi connectivity index (χ4v) is 3.40. The van der Waals surface area contributed by atoms with Gasteiger partial charge in [0.2, 0.25) is 5.91 Å². The van der Waals surface area contributed by atoms with Gasteiger partial charge < -0.3 is 19.7 Å². The summed E-state index contributed by atoms with van der Waals surface area (Å²) in [6.07, 6.45) is 3.50. The third-order valence-electron chi connectivity index (χ3n) is 5.09. The summed E-state index contributed by atoms with van der Waals surface area (Å²) in [7, 11) is 4.92. The Hall–Kier alpha value is -2.61. The normalized spacial score (nSPS) is 16.5. The minimum atomic E-state index is -0.151. The van der Waals surface area contributed by atoms with Gasteiger partial charge in [-0.1, -0.05) is 0 Å². The molecule has 0 aliphatic carbocycles. The van der Waals surface area contributed by atoms with Gasteiger partial charge in [-0.15, -0.1) is 0 Å². The zero-order valence-electron chi connectivity index (χ0n) is 16.0. The molecule has 8 nitrogen and oxygen atoms in total. The smallest absolute Gasteiger partial charge is 0.261 e. The Morgan fingerprint density at radius 1 is 1.33 bits per heavy atom. The van der Waals surface area contributed by atoms with Crippen molar-refractivity contribution in [2.75, 3.05) is 34.4 Å². The van der Waals surface area contributed by atoms with E-state index in [-0.39, 0.29) is 17.5 Å². The van der Waals surface area contributed by atoms with Gasteiger partial charge in [0, 0.05) is 38.7 Å². The van der Waals surface area contributed by atoms with Crippen LogP contribution in [0.3, 0.4) is 0 Å². The van der Waals surface area contributed by atoms with Crippen molar-refractivity contribution >= 4 is 16.8 Å². The molecule has 2 aromatic rings. The number of likely N-dealkylation sites (N-methyl/N-ethyl adjacent to an activating group) is 1. The largest absolute Gasteiger partial charge is 0.493 e. The van der Waals surface area contributed by atoms with Crippen LogP contribution >= 0.6 is 0 Å². The molecule has 8 heteroatoms. The van der Waals surface area contributed by atoms with Crippen LogP contribution in [0.2, 0.25) is 0 Å². The summed E-state index contributed by atoms with van der Waals surface area (Å²) in [5, 5.41) is 3.73. The van der Waals surface area contributed by atoms with Gasteiger partial charge in [-0.2, -0.15) is 0 Å². The number of rotatable bonds is 7. The van der Waals surface area contributed by atoms with Crippen LogP contribution < -0.4 is 20.3 Å². The van der Waals surface area contributed by atoms with Crippen molar-refractivity contribution in [2.45, 2.75) is 31.8 Å². The standard InChI is InChI=1S/C19H26N4O4/c1-22(13-6-7-20-11-13)18(24)5-4-8-23-12-21-15-10-17(27-3)16(26-2)9-14(15)19(23)25/h9-10,12-13,20H,4-8,11H2,1-3H3. The number of methoxy groups -OCH3 is 2. The molecule has 1 amide bonds. The average Bonchev–Trinajstić information content (AvgIpc) is 3.22. The highest BCUT2D eigenvalue weighted by Crippen LogP contribution is 2.29. The van der Waals surface area contributed by atoms with Crippen LogP contribution in [0.5, 0.6) is 11.5 Å². The molecular formula is C19H26N4O4. The minimum Gasteiger partial charge on any atom is -0.493 e. The molecular weight excluding hydrogens is 348 g/mol. The van der Waals surface area contributed by atoms with Crippen LogP contribution in [0.1, 0.15) is 19.3 Å². The molecule has 1 aromatic heterocycles. The van der Waals surface area contributed by atoms with Gasteiger partial charge in [0.1, 0.15) is 0 Å². The maximum atomic E-state index is 12.7. The van der Waals surface area contributed by atoms with E-state index in [1.54, 1.807) is 23.8 Å². The van der Waals surface area contributed by atoms with Gasteiger partial charge in [-0.05, 0) is 25.5 Å². The monoisotopic (exact) mass is 374 g/mol. The second-order valence-corrected chi connectivity index (χ2v) is 6.72. The Labute approximate surface area is 158 Å². The predicted octanol–water partition coefficient (Wildman–Crippen LogP) is 1.01. The van der Waals surface area contributed by atoms with Gasteiger partial charge in [0.25, 0.3) is 5.56 Å². The van der Waals surface area contributed by atoms with E-state index in [1.165, 1.54) is 13.4 Å². The van der Waals surface area contributed by atoms with Crippen LogP contribution in [-0.2, 0) is 11.3 Å². The molecule has 146 valence electrons. The molecule has 1 aliphatic heterocycles. The number of aromatic nitrogens is 2. The number of hydrogen-bond donors (Lipinski definition) is 1. The first-order valence-electron chi connectivity index (χ1n) is 9.12. The molecule has 1 atom stereocenters. The zero-order valence-corrected chi connectivity index (χ0v) is 16.0. The molecule has 0 radical (unpaired) electrons. The second kappa shape index (κ2) is 8.39. The first-order chi connectivity index (χ1) is 13.0. The van der Waals surface area contributed by atoms with E-state index in [2.05, 4.69) is 10.3 Å². The molecule has 1 unspecified atom stereocenters. The molecule has 1 saturated heterocycles. The van der Waals surface area contributed by atoms with E-state index >= 15 is 0 Å². The third kappa shape index (κ3) is 4.05. The Morgan fingerprint density at radius 2 is 2.07 bits per heavy atom. The number of carbonyl (C=O) groups excluding carboxylic acids is 1. The lowest BCUT2D eigenvalue weighted by molar-refractivity contribution is -0.131. The average molecular weight is 374 g/mol. The molecule has 0 bridgehead atoms. The topological polar surface area (TPSA) is 85.7 Å². The number of aryl methyl sites for hydroxylation is 1. The van der Waals surface area contributed by atoms with Crippen molar-refractivity contribution in [1.29, 1.82) is 0 Å². The SMILES string of the molecule is COc1cc2ncn(CCCC(=O)N(C)C3CCNC3)c(=O)c2cc1OC. The highest BCUT2D eigenvalue weighted by Gasteiger charge is 2.22.